The topological polar surface area (TPSA) is 86.8 Å². The van der Waals surface area contributed by atoms with E-state index in [1.807, 2.05) is 51.1 Å². The number of rotatable bonds is 11. The lowest BCUT2D eigenvalue weighted by Crippen LogP contribution is -2.54. The highest BCUT2D eigenvalue weighted by Gasteiger charge is 2.31. The number of nitrogens with one attached hydrogen (secondary N) is 1. The Hall–Kier alpha value is -2.87. The van der Waals surface area contributed by atoms with E-state index in [0.717, 1.165) is 16.1 Å². The van der Waals surface area contributed by atoms with Gasteiger partial charge in [-0.05, 0) is 44.4 Å². The zero-order valence-electron chi connectivity index (χ0n) is 19.2. The van der Waals surface area contributed by atoms with Crippen LogP contribution < -0.4 is 9.62 Å². The predicted octanol–water partition coefficient (Wildman–Crippen LogP) is 2.83. The summed E-state index contributed by atoms with van der Waals surface area (Å²) < 4.78 is 26.0. The van der Waals surface area contributed by atoms with Crippen LogP contribution in [-0.4, -0.2) is 56.6 Å². The average molecular weight is 460 g/mol. The van der Waals surface area contributed by atoms with Gasteiger partial charge in [-0.3, -0.25) is 13.9 Å². The fraction of sp³-hybridized carbons (Fsp3) is 0.417. The fourth-order valence-electron chi connectivity index (χ4n) is 3.48. The summed E-state index contributed by atoms with van der Waals surface area (Å²) in [4.78, 5) is 27.8. The highest BCUT2D eigenvalue weighted by Crippen LogP contribution is 2.18. The second kappa shape index (κ2) is 11.7. The zero-order chi connectivity index (χ0) is 23.7. The molecular formula is C24H33N3O4S. The quantitative estimate of drug-likeness (QED) is 0.560. The molecule has 2 aromatic rings. The van der Waals surface area contributed by atoms with Crippen LogP contribution in [0.25, 0.3) is 0 Å². The molecule has 1 unspecified atom stereocenters. The van der Waals surface area contributed by atoms with Gasteiger partial charge in [0, 0.05) is 12.6 Å². The van der Waals surface area contributed by atoms with E-state index in [1.54, 1.807) is 30.3 Å². The van der Waals surface area contributed by atoms with Crippen LogP contribution in [-0.2, 0) is 26.0 Å². The van der Waals surface area contributed by atoms with Crippen molar-refractivity contribution in [1.29, 1.82) is 0 Å². The number of anilines is 1. The Bertz CT molecular complexity index is 979. The zero-order valence-corrected chi connectivity index (χ0v) is 20.0. The second-order valence-corrected chi connectivity index (χ2v) is 9.92. The summed E-state index contributed by atoms with van der Waals surface area (Å²) in [5.41, 5.74) is 1.44. The van der Waals surface area contributed by atoms with E-state index in [9.17, 15) is 18.0 Å². The van der Waals surface area contributed by atoms with Crippen molar-refractivity contribution in [2.45, 2.75) is 45.7 Å². The smallest absolute Gasteiger partial charge is 0.244 e. The minimum atomic E-state index is -3.70. The number of nitrogens with zero attached hydrogens (tertiary/aromatic N) is 2. The first kappa shape index (κ1) is 25.4. The van der Waals surface area contributed by atoms with Gasteiger partial charge < -0.3 is 10.2 Å². The van der Waals surface area contributed by atoms with E-state index in [2.05, 4.69) is 5.32 Å². The summed E-state index contributed by atoms with van der Waals surface area (Å²) in [7, 11) is -3.70. The summed E-state index contributed by atoms with van der Waals surface area (Å²) in [6.07, 6.45) is 2.05. The minimum Gasteiger partial charge on any atom is -0.352 e. The Morgan fingerprint density at radius 1 is 0.969 bits per heavy atom. The van der Waals surface area contributed by atoms with Gasteiger partial charge in [-0.1, -0.05) is 55.5 Å². The molecule has 0 fully saturated rings. The van der Waals surface area contributed by atoms with Crippen molar-refractivity contribution in [3.05, 3.63) is 66.2 Å². The minimum absolute atomic E-state index is 0.0699. The third-order valence-corrected chi connectivity index (χ3v) is 6.17. The maximum absolute atomic E-state index is 13.4. The van der Waals surface area contributed by atoms with Gasteiger partial charge in [0.1, 0.15) is 12.6 Å². The SMILES string of the molecule is CCC(C(=O)NC(C)C)N(CCc1ccccc1)C(=O)CN(c1ccccc1)S(C)(=O)=O. The molecule has 0 aliphatic rings. The Kier molecular flexibility index (Phi) is 9.26. The Balaban J connectivity index is 2.33. The number of carbonyl (C=O) groups excluding carboxylic acids is 2. The Morgan fingerprint density at radius 3 is 2.03 bits per heavy atom. The van der Waals surface area contributed by atoms with Crippen molar-refractivity contribution < 1.29 is 18.0 Å². The third-order valence-electron chi connectivity index (χ3n) is 5.02. The molecule has 0 spiro atoms. The first-order valence-electron chi connectivity index (χ1n) is 10.8. The van der Waals surface area contributed by atoms with E-state index in [1.165, 1.54) is 4.90 Å². The Morgan fingerprint density at radius 2 is 1.53 bits per heavy atom. The third kappa shape index (κ3) is 7.37. The van der Waals surface area contributed by atoms with Crippen LogP contribution >= 0.6 is 0 Å². The largest absolute Gasteiger partial charge is 0.352 e. The Labute approximate surface area is 191 Å². The van der Waals surface area contributed by atoms with Crippen LogP contribution in [0, 0.1) is 0 Å². The second-order valence-electron chi connectivity index (χ2n) is 8.02. The number of amides is 2. The molecule has 0 radical (unpaired) electrons. The van der Waals surface area contributed by atoms with Crippen molar-refractivity contribution in [3.63, 3.8) is 0 Å². The van der Waals surface area contributed by atoms with Gasteiger partial charge in [0.05, 0.1) is 11.9 Å². The molecule has 0 aromatic heterocycles. The van der Waals surface area contributed by atoms with Crippen molar-refractivity contribution in [3.8, 4) is 0 Å². The van der Waals surface area contributed by atoms with Crippen LogP contribution in [0.3, 0.4) is 0 Å². The maximum atomic E-state index is 13.4. The van der Waals surface area contributed by atoms with Crippen molar-refractivity contribution in [2.24, 2.45) is 0 Å². The molecular weight excluding hydrogens is 426 g/mol. The van der Waals surface area contributed by atoms with Crippen LogP contribution in [0.5, 0.6) is 0 Å². The summed E-state index contributed by atoms with van der Waals surface area (Å²) in [5, 5.41) is 2.88. The van der Waals surface area contributed by atoms with Gasteiger partial charge in [0.25, 0.3) is 0 Å². The monoisotopic (exact) mass is 459 g/mol. The van der Waals surface area contributed by atoms with Crippen LogP contribution in [0.1, 0.15) is 32.8 Å². The molecule has 7 nitrogen and oxygen atoms in total. The number of carbonyl (C=O) groups is 2. The van der Waals surface area contributed by atoms with E-state index in [-0.39, 0.29) is 18.5 Å². The highest BCUT2D eigenvalue weighted by molar-refractivity contribution is 7.92. The molecule has 2 aromatic carbocycles. The van der Waals surface area contributed by atoms with E-state index < -0.39 is 22.0 Å². The molecule has 1 atom stereocenters. The van der Waals surface area contributed by atoms with Crippen LogP contribution in [0.2, 0.25) is 0 Å². The number of hydrogen-bond donors (Lipinski definition) is 1. The number of sulfonamides is 1. The summed E-state index contributed by atoms with van der Waals surface area (Å²) in [5.74, 6) is -0.657. The van der Waals surface area contributed by atoms with Gasteiger partial charge in [-0.25, -0.2) is 8.42 Å². The first-order valence-corrected chi connectivity index (χ1v) is 12.6. The first-order chi connectivity index (χ1) is 15.1. The van der Waals surface area contributed by atoms with Gasteiger partial charge in [0.15, 0.2) is 0 Å². The molecule has 0 bridgehead atoms. The summed E-state index contributed by atoms with van der Waals surface area (Å²) in [6.45, 7) is 5.50. The van der Waals surface area contributed by atoms with Crippen molar-refractivity contribution in [1.82, 2.24) is 10.2 Å². The van der Waals surface area contributed by atoms with E-state index >= 15 is 0 Å². The standard InChI is InChI=1S/C24H33N3O4S/c1-5-22(24(29)25-19(2)3)26(17-16-20-12-8-6-9-13-20)23(28)18-27(32(4,30)31)21-14-10-7-11-15-21/h6-15,19,22H,5,16-18H2,1-4H3,(H,25,29). The molecule has 32 heavy (non-hydrogen) atoms. The molecule has 0 heterocycles. The molecule has 2 rings (SSSR count). The number of para-hydroxylation sites is 1. The van der Waals surface area contributed by atoms with Gasteiger partial charge in [-0.2, -0.15) is 0 Å². The summed E-state index contributed by atoms with van der Waals surface area (Å²) in [6, 6.07) is 17.4. The van der Waals surface area contributed by atoms with E-state index in [4.69, 9.17) is 0 Å². The molecule has 2 amide bonds. The highest BCUT2D eigenvalue weighted by atomic mass is 32.2. The molecule has 1 N–H and O–H groups in total. The van der Waals surface area contributed by atoms with Gasteiger partial charge in [0.2, 0.25) is 21.8 Å². The lowest BCUT2D eigenvalue weighted by atomic mass is 10.1. The number of benzene rings is 2. The van der Waals surface area contributed by atoms with Crippen LogP contribution in [0.15, 0.2) is 60.7 Å². The van der Waals surface area contributed by atoms with Gasteiger partial charge >= 0.3 is 0 Å². The van der Waals surface area contributed by atoms with Crippen molar-refractivity contribution >= 4 is 27.5 Å². The molecule has 0 aliphatic heterocycles. The van der Waals surface area contributed by atoms with Crippen LogP contribution in [0.4, 0.5) is 5.69 Å². The fourth-order valence-corrected chi connectivity index (χ4v) is 4.33. The molecule has 0 aliphatic carbocycles. The lowest BCUT2D eigenvalue weighted by Gasteiger charge is -2.33. The lowest BCUT2D eigenvalue weighted by molar-refractivity contribution is -0.139. The molecule has 8 heteroatoms. The average Bonchev–Trinajstić information content (AvgIpc) is 2.74. The molecule has 0 saturated carbocycles. The van der Waals surface area contributed by atoms with Crippen molar-refractivity contribution in [2.75, 3.05) is 23.7 Å². The summed E-state index contributed by atoms with van der Waals surface area (Å²) >= 11 is 0. The maximum Gasteiger partial charge on any atom is 0.244 e. The van der Waals surface area contributed by atoms with Gasteiger partial charge in [-0.15, -0.1) is 0 Å². The molecule has 174 valence electrons. The predicted molar refractivity (Wildman–Crippen MR) is 128 cm³/mol. The molecule has 0 saturated heterocycles. The number of hydrogen-bond acceptors (Lipinski definition) is 4. The normalized spacial score (nSPS) is 12.3. The van der Waals surface area contributed by atoms with E-state index in [0.29, 0.717) is 25.1 Å².